The highest BCUT2D eigenvalue weighted by Crippen LogP contribution is 2.15. The molecule has 0 aliphatic heterocycles. The summed E-state index contributed by atoms with van der Waals surface area (Å²) in [4.78, 5) is 38.2. The van der Waals surface area contributed by atoms with E-state index in [1.54, 1.807) is 0 Å². The van der Waals surface area contributed by atoms with Crippen molar-refractivity contribution in [3.8, 4) is 0 Å². The van der Waals surface area contributed by atoms with E-state index in [9.17, 15) is 14.4 Å². The molecule has 410 valence electrons. The standard InChI is InChI=1S/C66H110O6/c1-4-7-10-13-16-19-22-25-27-29-31-33-35-37-39-41-44-47-50-53-56-59-65(68)71-62-63(61-70-64(67)58-55-52-49-46-43-24-21-18-15-12-9-6-3)72-66(69)60-57-54-51-48-45-42-40-38-36-34-32-30-28-26-23-20-17-14-11-8-5-2/h7-8,10-11,16-17,19-20,25-28,31-34,37,39,63H,4-6,9,12-15,18,21-24,29-30,35-36,38,40-62H2,1-3H3/b10-7-,11-8-,19-16-,20-17-,27-25-,28-26-,33-31-,34-32-,39-37-. The summed E-state index contributed by atoms with van der Waals surface area (Å²) in [6.45, 7) is 6.40. The molecule has 0 spiro atoms. The van der Waals surface area contributed by atoms with Gasteiger partial charge in [-0.25, -0.2) is 0 Å². The van der Waals surface area contributed by atoms with Crippen molar-refractivity contribution < 1.29 is 28.6 Å². The van der Waals surface area contributed by atoms with E-state index in [2.05, 4.69) is 130 Å². The molecule has 0 aromatic rings. The fraction of sp³-hybridized carbons (Fsp3) is 0.682. The topological polar surface area (TPSA) is 78.9 Å². The minimum atomic E-state index is -0.792. The van der Waals surface area contributed by atoms with E-state index in [1.165, 1.54) is 89.9 Å². The zero-order chi connectivity index (χ0) is 52.2. The molecule has 0 aromatic carbocycles. The van der Waals surface area contributed by atoms with Gasteiger partial charge in [0.1, 0.15) is 13.2 Å². The average Bonchev–Trinajstić information content (AvgIpc) is 3.38. The molecule has 0 N–H and O–H groups in total. The van der Waals surface area contributed by atoms with Crippen molar-refractivity contribution in [2.24, 2.45) is 0 Å². The molecule has 0 saturated carbocycles. The summed E-state index contributed by atoms with van der Waals surface area (Å²) in [5.74, 6) is -0.911. The van der Waals surface area contributed by atoms with Crippen molar-refractivity contribution in [2.45, 2.75) is 277 Å². The van der Waals surface area contributed by atoms with Crippen LogP contribution in [-0.2, 0) is 28.6 Å². The molecule has 72 heavy (non-hydrogen) atoms. The van der Waals surface area contributed by atoms with Crippen LogP contribution in [0.4, 0.5) is 0 Å². The van der Waals surface area contributed by atoms with Crippen molar-refractivity contribution in [1.29, 1.82) is 0 Å². The fourth-order valence-corrected chi connectivity index (χ4v) is 8.11. The quantitative estimate of drug-likeness (QED) is 0.0261. The summed E-state index contributed by atoms with van der Waals surface area (Å²) >= 11 is 0. The molecule has 0 fully saturated rings. The van der Waals surface area contributed by atoms with Crippen molar-refractivity contribution in [1.82, 2.24) is 0 Å². The molecule has 0 aliphatic carbocycles. The largest absolute Gasteiger partial charge is 0.462 e. The second kappa shape index (κ2) is 59.6. The van der Waals surface area contributed by atoms with Crippen LogP contribution in [0.5, 0.6) is 0 Å². The Morgan fingerprint density at radius 2 is 0.542 bits per heavy atom. The predicted molar refractivity (Wildman–Crippen MR) is 311 cm³/mol. The molecular formula is C66H110O6. The third-order valence-electron chi connectivity index (χ3n) is 12.5. The van der Waals surface area contributed by atoms with Gasteiger partial charge in [0.15, 0.2) is 6.10 Å². The highest BCUT2D eigenvalue weighted by molar-refractivity contribution is 5.71. The Balaban J connectivity index is 4.41. The number of rotatable bonds is 53. The SMILES string of the molecule is CC/C=C\C/C=C\C/C=C\C/C=C\C/C=C\CCCCCCCC(=O)OCC(COC(=O)CCCCCCCCCCCCCC)OC(=O)CCCCCCCCCC/C=C\C/C=C\C/C=C\C/C=C\CC. The molecule has 0 amide bonds. The first kappa shape index (κ1) is 68.1. The average molecular weight is 1000 g/mol. The number of carbonyl (C=O) groups excluding carboxylic acids is 3. The van der Waals surface area contributed by atoms with Crippen LogP contribution in [0, 0.1) is 0 Å². The van der Waals surface area contributed by atoms with Gasteiger partial charge in [-0.05, 0) is 103 Å². The third-order valence-corrected chi connectivity index (χ3v) is 12.5. The summed E-state index contributed by atoms with van der Waals surface area (Å²) in [7, 11) is 0. The normalized spacial score (nSPS) is 12.9. The first-order chi connectivity index (χ1) is 35.5. The number of hydrogen-bond acceptors (Lipinski definition) is 6. The summed E-state index contributed by atoms with van der Waals surface area (Å²) < 4.78 is 16.9. The smallest absolute Gasteiger partial charge is 0.306 e. The molecule has 6 heteroatoms. The van der Waals surface area contributed by atoms with Crippen molar-refractivity contribution in [2.75, 3.05) is 13.2 Å². The van der Waals surface area contributed by atoms with Gasteiger partial charge in [0.25, 0.3) is 0 Å². The van der Waals surface area contributed by atoms with E-state index in [0.717, 1.165) is 141 Å². The van der Waals surface area contributed by atoms with Gasteiger partial charge < -0.3 is 14.2 Å². The molecule has 1 unspecified atom stereocenters. The van der Waals surface area contributed by atoms with Crippen molar-refractivity contribution in [3.05, 3.63) is 109 Å². The Morgan fingerprint density at radius 3 is 0.847 bits per heavy atom. The lowest BCUT2D eigenvalue weighted by Crippen LogP contribution is -2.30. The predicted octanol–water partition coefficient (Wildman–Crippen LogP) is 20.3. The molecular weight excluding hydrogens is 889 g/mol. The van der Waals surface area contributed by atoms with Gasteiger partial charge in [0.05, 0.1) is 0 Å². The van der Waals surface area contributed by atoms with Crippen LogP contribution in [0.1, 0.15) is 271 Å². The van der Waals surface area contributed by atoms with E-state index in [0.29, 0.717) is 19.3 Å². The van der Waals surface area contributed by atoms with E-state index in [1.807, 2.05) is 0 Å². The maximum atomic E-state index is 12.9. The van der Waals surface area contributed by atoms with Crippen LogP contribution in [-0.4, -0.2) is 37.2 Å². The van der Waals surface area contributed by atoms with E-state index in [-0.39, 0.29) is 31.1 Å². The molecule has 0 saturated heterocycles. The molecule has 6 nitrogen and oxygen atoms in total. The number of allylic oxidation sites excluding steroid dienone is 18. The van der Waals surface area contributed by atoms with Crippen LogP contribution in [0.15, 0.2) is 109 Å². The Bertz CT molecular complexity index is 1470. The molecule has 1 atom stereocenters. The lowest BCUT2D eigenvalue weighted by molar-refractivity contribution is -0.167. The maximum Gasteiger partial charge on any atom is 0.306 e. The lowest BCUT2D eigenvalue weighted by Gasteiger charge is -2.18. The Morgan fingerprint density at radius 1 is 0.292 bits per heavy atom. The van der Waals surface area contributed by atoms with Gasteiger partial charge in [-0.2, -0.15) is 0 Å². The summed E-state index contributed by atoms with van der Waals surface area (Å²) in [6.07, 6.45) is 80.8. The van der Waals surface area contributed by atoms with E-state index >= 15 is 0 Å². The lowest BCUT2D eigenvalue weighted by atomic mass is 10.0. The molecule has 0 radical (unpaired) electrons. The Kier molecular flexibility index (Phi) is 56.4. The summed E-state index contributed by atoms with van der Waals surface area (Å²) in [5.41, 5.74) is 0. The van der Waals surface area contributed by atoms with Gasteiger partial charge in [0, 0.05) is 19.3 Å². The number of carbonyl (C=O) groups is 3. The minimum absolute atomic E-state index is 0.0870. The number of hydrogen-bond donors (Lipinski definition) is 0. The number of unbranched alkanes of at least 4 members (excludes halogenated alkanes) is 24. The Hall–Kier alpha value is -3.93. The van der Waals surface area contributed by atoms with E-state index in [4.69, 9.17) is 14.2 Å². The minimum Gasteiger partial charge on any atom is -0.462 e. The second-order valence-corrected chi connectivity index (χ2v) is 19.5. The first-order valence-corrected chi connectivity index (χ1v) is 29.9. The molecule has 0 aliphatic rings. The highest BCUT2D eigenvalue weighted by atomic mass is 16.6. The fourth-order valence-electron chi connectivity index (χ4n) is 8.11. The molecule has 0 rings (SSSR count). The van der Waals surface area contributed by atoms with Gasteiger partial charge >= 0.3 is 17.9 Å². The maximum absolute atomic E-state index is 12.9. The molecule has 0 bridgehead atoms. The summed E-state index contributed by atoms with van der Waals surface area (Å²) in [5, 5.41) is 0. The van der Waals surface area contributed by atoms with Crippen LogP contribution in [0.2, 0.25) is 0 Å². The third kappa shape index (κ3) is 57.0. The number of ether oxygens (including phenoxy) is 3. The van der Waals surface area contributed by atoms with Crippen molar-refractivity contribution in [3.63, 3.8) is 0 Å². The zero-order valence-electron chi connectivity index (χ0n) is 46.9. The van der Waals surface area contributed by atoms with Crippen LogP contribution >= 0.6 is 0 Å². The van der Waals surface area contributed by atoms with Crippen LogP contribution in [0.25, 0.3) is 0 Å². The van der Waals surface area contributed by atoms with Crippen LogP contribution < -0.4 is 0 Å². The van der Waals surface area contributed by atoms with Gasteiger partial charge in [0.2, 0.25) is 0 Å². The first-order valence-electron chi connectivity index (χ1n) is 29.9. The van der Waals surface area contributed by atoms with E-state index < -0.39 is 6.10 Å². The number of esters is 3. The molecule has 0 aromatic heterocycles. The Labute approximate surface area is 444 Å². The second-order valence-electron chi connectivity index (χ2n) is 19.5. The van der Waals surface area contributed by atoms with Gasteiger partial charge in [-0.15, -0.1) is 0 Å². The van der Waals surface area contributed by atoms with Gasteiger partial charge in [-0.3, -0.25) is 14.4 Å². The summed E-state index contributed by atoms with van der Waals surface area (Å²) in [6, 6.07) is 0. The monoisotopic (exact) mass is 999 g/mol. The molecule has 0 heterocycles. The highest BCUT2D eigenvalue weighted by Gasteiger charge is 2.19. The van der Waals surface area contributed by atoms with Crippen molar-refractivity contribution >= 4 is 17.9 Å². The zero-order valence-corrected chi connectivity index (χ0v) is 46.9. The van der Waals surface area contributed by atoms with Crippen LogP contribution in [0.3, 0.4) is 0 Å². The van der Waals surface area contributed by atoms with Gasteiger partial charge in [-0.1, -0.05) is 259 Å².